The summed E-state index contributed by atoms with van der Waals surface area (Å²) in [6, 6.07) is 51.4. The maximum Gasteiger partial charge on any atom is 0.227 e. The van der Waals surface area contributed by atoms with Gasteiger partial charge in [-0.15, -0.1) is 0 Å². The van der Waals surface area contributed by atoms with Crippen molar-refractivity contribution in [2.24, 2.45) is 0 Å². The number of hydrogen-bond acceptors (Lipinski definition) is 5. The Bertz CT molecular complexity index is 2700. The van der Waals surface area contributed by atoms with E-state index in [1.165, 1.54) is 6.07 Å². The molecule has 0 saturated heterocycles. The SMILES string of the molecule is Fc1cccc2c3ccccc3n(-c3ccccc3Nc3ccc4nc(-c5ccc(N6c7ccccc7Oc7ccccc76)cc5)oc4c3)c12. The summed E-state index contributed by atoms with van der Waals surface area (Å²) in [5.41, 5.74) is 9.22. The standard InChI is InChI=1S/C43H27FN4O2/c44-32-12-9-11-31-30-10-1-3-14-35(30)48(42(31)32)36-15-4-2-13-33(36)45-28-22-25-34-41(26-28)50-43(46-34)27-20-23-29(24-21-27)47-37-16-5-7-18-39(37)49-40-19-8-6-17-38(40)47/h1-26,45H. The van der Waals surface area contributed by atoms with Crippen molar-refractivity contribution in [3.63, 3.8) is 0 Å². The Balaban J connectivity index is 0.983. The van der Waals surface area contributed by atoms with Crippen LogP contribution in [0.4, 0.5) is 32.8 Å². The molecule has 0 fully saturated rings. The van der Waals surface area contributed by atoms with Crippen molar-refractivity contribution in [3.8, 4) is 28.6 Å². The van der Waals surface area contributed by atoms with Gasteiger partial charge in [-0.05, 0) is 84.9 Å². The van der Waals surface area contributed by atoms with Gasteiger partial charge in [0.25, 0.3) is 0 Å². The lowest BCUT2D eigenvalue weighted by molar-refractivity contribution is 0.477. The number of benzene rings is 7. The van der Waals surface area contributed by atoms with Crippen molar-refractivity contribution in [1.82, 2.24) is 9.55 Å². The third-order valence-electron chi connectivity index (χ3n) is 9.26. The van der Waals surface area contributed by atoms with Crippen LogP contribution in [0, 0.1) is 5.82 Å². The number of oxazole rings is 1. The molecule has 10 rings (SSSR count). The van der Waals surface area contributed by atoms with E-state index in [2.05, 4.69) is 34.5 Å². The number of halogens is 1. The van der Waals surface area contributed by atoms with Gasteiger partial charge in [0.05, 0.1) is 33.8 Å². The molecule has 2 aromatic heterocycles. The molecule has 0 aliphatic carbocycles. The maximum absolute atomic E-state index is 15.4. The molecule has 7 heteroatoms. The molecule has 0 spiro atoms. The molecule has 3 heterocycles. The molecule has 6 nitrogen and oxygen atoms in total. The summed E-state index contributed by atoms with van der Waals surface area (Å²) in [4.78, 5) is 7.01. The highest BCUT2D eigenvalue weighted by Gasteiger charge is 2.25. The van der Waals surface area contributed by atoms with E-state index in [1.54, 1.807) is 6.07 Å². The van der Waals surface area contributed by atoms with Crippen molar-refractivity contribution >= 4 is 61.3 Å². The molecule has 0 amide bonds. The minimum absolute atomic E-state index is 0.267. The predicted molar refractivity (Wildman–Crippen MR) is 198 cm³/mol. The second-order valence-corrected chi connectivity index (χ2v) is 12.3. The lowest BCUT2D eigenvalue weighted by Crippen LogP contribution is -2.15. The minimum atomic E-state index is -0.267. The van der Waals surface area contributed by atoms with Crippen LogP contribution in [0.3, 0.4) is 0 Å². The number of anilines is 5. The highest BCUT2D eigenvalue weighted by atomic mass is 19.1. The van der Waals surface area contributed by atoms with Crippen LogP contribution in [0.1, 0.15) is 0 Å². The number of nitrogens with zero attached hydrogens (tertiary/aromatic N) is 3. The quantitative estimate of drug-likeness (QED) is 0.201. The first-order valence-electron chi connectivity index (χ1n) is 16.4. The molecular weight excluding hydrogens is 623 g/mol. The van der Waals surface area contributed by atoms with E-state index in [4.69, 9.17) is 14.1 Å². The highest BCUT2D eigenvalue weighted by molar-refractivity contribution is 6.10. The van der Waals surface area contributed by atoms with E-state index in [1.807, 2.05) is 126 Å². The van der Waals surface area contributed by atoms with Gasteiger partial charge in [0.2, 0.25) is 5.89 Å². The molecule has 0 atom stereocenters. The third kappa shape index (κ3) is 4.44. The van der Waals surface area contributed by atoms with Gasteiger partial charge in [0.15, 0.2) is 17.1 Å². The summed E-state index contributed by atoms with van der Waals surface area (Å²) in [6.07, 6.45) is 0. The number of ether oxygens (including phenoxy) is 1. The van der Waals surface area contributed by atoms with Gasteiger partial charge in [-0.25, -0.2) is 9.37 Å². The Morgan fingerprint density at radius 2 is 1.28 bits per heavy atom. The van der Waals surface area contributed by atoms with E-state index in [0.29, 0.717) is 17.0 Å². The van der Waals surface area contributed by atoms with Gasteiger partial charge in [0.1, 0.15) is 11.3 Å². The topological polar surface area (TPSA) is 55.5 Å². The lowest BCUT2D eigenvalue weighted by Gasteiger charge is -2.32. The van der Waals surface area contributed by atoms with Gasteiger partial charge < -0.3 is 23.9 Å². The van der Waals surface area contributed by atoms with Crippen LogP contribution < -0.4 is 15.0 Å². The van der Waals surface area contributed by atoms with Crippen molar-refractivity contribution in [2.45, 2.75) is 0 Å². The maximum atomic E-state index is 15.4. The molecule has 0 radical (unpaired) electrons. The predicted octanol–water partition coefficient (Wildman–Crippen LogP) is 12.1. The van der Waals surface area contributed by atoms with Crippen molar-refractivity contribution in [1.29, 1.82) is 0 Å². The van der Waals surface area contributed by atoms with Gasteiger partial charge in [-0.1, -0.05) is 66.7 Å². The second-order valence-electron chi connectivity index (χ2n) is 12.3. The Morgan fingerprint density at radius 1 is 0.600 bits per heavy atom. The average molecular weight is 651 g/mol. The fourth-order valence-corrected chi connectivity index (χ4v) is 7.02. The van der Waals surface area contributed by atoms with E-state index in [9.17, 15) is 0 Å². The molecule has 1 aliphatic heterocycles. The molecule has 7 aromatic carbocycles. The normalized spacial score (nSPS) is 12.2. The zero-order chi connectivity index (χ0) is 33.2. The highest BCUT2D eigenvalue weighted by Crippen LogP contribution is 2.50. The number of para-hydroxylation sites is 8. The Hall–Kier alpha value is -6.86. The van der Waals surface area contributed by atoms with Crippen LogP contribution in [0.2, 0.25) is 0 Å². The van der Waals surface area contributed by atoms with Gasteiger partial charge in [0, 0.05) is 33.8 Å². The Morgan fingerprint density at radius 3 is 2.08 bits per heavy atom. The molecule has 0 bridgehead atoms. The fraction of sp³-hybridized carbons (Fsp3) is 0. The summed E-state index contributed by atoms with van der Waals surface area (Å²) >= 11 is 0. The molecule has 1 N–H and O–H groups in total. The summed E-state index contributed by atoms with van der Waals surface area (Å²) < 4.78 is 29.9. The number of fused-ring (bicyclic) bond motifs is 6. The van der Waals surface area contributed by atoms with E-state index in [0.717, 1.165) is 73.0 Å². The summed E-state index contributed by atoms with van der Waals surface area (Å²) in [7, 11) is 0. The van der Waals surface area contributed by atoms with Crippen molar-refractivity contribution < 1.29 is 13.5 Å². The van der Waals surface area contributed by atoms with Crippen LogP contribution in [-0.2, 0) is 0 Å². The molecule has 50 heavy (non-hydrogen) atoms. The Labute approximate surface area is 286 Å². The van der Waals surface area contributed by atoms with E-state index < -0.39 is 0 Å². The lowest BCUT2D eigenvalue weighted by atomic mass is 10.1. The average Bonchev–Trinajstić information content (AvgIpc) is 3.74. The van der Waals surface area contributed by atoms with E-state index in [-0.39, 0.29) is 5.82 Å². The van der Waals surface area contributed by atoms with Crippen LogP contribution in [0.5, 0.6) is 11.5 Å². The number of rotatable bonds is 5. The van der Waals surface area contributed by atoms with Gasteiger partial charge in [-0.3, -0.25) is 0 Å². The van der Waals surface area contributed by atoms with Crippen LogP contribution in [0.25, 0.3) is 50.0 Å². The summed E-state index contributed by atoms with van der Waals surface area (Å²) in [6.45, 7) is 0. The number of nitrogens with one attached hydrogen (secondary N) is 1. The van der Waals surface area contributed by atoms with Crippen LogP contribution >= 0.6 is 0 Å². The van der Waals surface area contributed by atoms with Crippen LogP contribution in [-0.4, -0.2) is 9.55 Å². The van der Waals surface area contributed by atoms with Crippen LogP contribution in [0.15, 0.2) is 162 Å². The zero-order valence-corrected chi connectivity index (χ0v) is 26.5. The second kappa shape index (κ2) is 11.1. The first-order valence-corrected chi connectivity index (χ1v) is 16.4. The monoisotopic (exact) mass is 650 g/mol. The Kier molecular flexibility index (Phi) is 6.26. The molecule has 1 aliphatic rings. The van der Waals surface area contributed by atoms with Crippen molar-refractivity contribution in [3.05, 3.63) is 164 Å². The first kappa shape index (κ1) is 28.2. The molecule has 238 valence electrons. The minimum Gasteiger partial charge on any atom is -0.453 e. The number of aromatic nitrogens is 2. The number of hydrogen-bond donors (Lipinski definition) is 1. The van der Waals surface area contributed by atoms with Crippen molar-refractivity contribution in [2.75, 3.05) is 10.2 Å². The largest absolute Gasteiger partial charge is 0.453 e. The fourth-order valence-electron chi connectivity index (χ4n) is 7.02. The smallest absolute Gasteiger partial charge is 0.227 e. The molecule has 0 unspecified atom stereocenters. The summed E-state index contributed by atoms with van der Waals surface area (Å²) in [5.74, 6) is 1.89. The summed E-state index contributed by atoms with van der Waals surface area (Å²) in [5, 5.41) is 5.44. The third-order valence-corrected chi connectivity index (χ3v) is 9.26. The molecule has 0 saturated carbocycles. The van der Waals surface area contributed by atoms with Gasteiger partial charge >= 0.3 is 0 Å². The zero-order valence-electron chi connectivity index (χ0n) is 26.5. The first-order chi connectivity index (χ1) is 24.7. The molecular formula is C43H27FN4O2. The van der Waals surface area contributed by atoms with Gasteiger partial charge in [-0.2, -0.15) is 0 Å². The van der Waals surface area contributed by atoms with E-state index >= 15 is 4.39 Å². The molecule has 9 aromatic rings.